The first kappa shape index (κ1) is 14.0. The molecule has 2 unspecified atom stereocenters. The Morgan fingerprint density at radius 3 is 2.63 bits per heavy atom. The summed E-state index contributed by atoms with van der Waals surface area (Å²) in [4.78, 5) is 16.6. The lowest BCUT2D eigenvalue weighted by atomic mass is 10.0. The molecule has 1 aliphatic heterocycles. The van der Waals surface area contributed by atoms with Crippen molar-refractivity contribution in [3.63, 3.8) is 0 Å². The van der Waals surface area contributed by atoms with Crippen molar-refractivity contribution in [1.82, 2.24) is 15.2 Å². The highest BCUT2D eigenvalue weighted by molar-refractivity contribution is 5.82. The van der Waals surface area contributed by atoms with E-state index in [9.17, 15) is 4.79 Å². The molecule has 2 atom stereocenters. The lowest BCUT2D eigenvalue weighted by Gasteiger charge is -2.41. The predicted molar refractivity (Wildman–Crippen MR) is 75.2 cm³/mol. The second-order valence-electron chi connectivity index (χ2n) is 5.15. The molecule has 5 nitrogen and oxygen atoms in total. The zero-order valence-electron chi connectivity index (χ0n) is 11.5. The first-order valence-electron chi connectivity index (χ1n) is 6.63. The average molecular weight is 262 g/mol. The Morgan fingerprint density at radius 2 is 2.05 bits per heavy atom. The highest BCUT2D eigenvalue weighted by atomic mass is 16.2. The normalized spacial score (nSPS) is 23.0. The van der Waals surface area contributed by atoms with E-state index in [4.69, 9.17) is 5.84 Å². The van der Waals surface area contributed by atoms with Gasteiger partial charge in [-0.05, 0) is 19.5 Å². The number of likely N-dealkylation sites (N-methyl/N-ethyl adjacent to an activating group) is 1. The topological polar surface area (TPSA) is 61.6 Å². The Balaban J connectivity index is 2.22. The second-order valence-corrected chi connectivity index (χ2v) is 5.15. The molecule has 0 aliphatic carbocycles. The van der Waals surface area contributed by atoms with Gasteiger partial charge in [-0.3, -0.25) is 15.1 Å². The molecule has 0 bridgehead atoms. The van der Waals surface area contributed by atoms with E-state index in [1.807, 2.05) is 30.3 Å². The summed E-state index contributed by atoms with van der Waals surface area (Å²) in [7, 11) is 2.11. The first-order chi connectivity index (χ1) is 9.13. The largest absolute Gasteiger partial charge is 0.301 e. The van der Waals surface area contributed by atoms with Gasteiger partial charge in [-0.2, -0.15) is 0 Å². The first-order valence-corrected chi connectivity index (χ1v) is 6.63. The maximum Gasteiger partial charge on any atom is 0.255 e. The summed E-state index contributed by atoms with van der Waals surface area (Å²) in [6, 6.07) is 9.93. The maximum absolute atomic E-state index is 12.1. The molecule has 19 heavy (non-hydrogen) atoms. The zero-order valence-corrected chi connectivity index (χ0v) is 11.5. The maximum atomic E-state index is 12.1. The number of carbonyl (C=O) groups is 1. The molecule has 1 amide bonds. The third-order valence-corrected chi connectivity index (χ3v) is 3.86. The van der Waals surface area contributed by atoms with E-state index >= 15 is 0 Å². The van der Waals surface area contributed by atoms with Crippen LogP contribution in [0.3, 0.4) is 0 Å². The van der Waals surface area contributed by atoms with Crippen LogP contribution in [0.1, 0.15) is 18.5 Å². The van der Waals surface area contributed by atoms with E-state index in [0.717, 1.165) is 25.2 Å². The highest BCUT2D eigenvalue weighted by Gasteiger charge is 2.31. The van der Waals surface area contributed by atoms with Crippen LogP contribution < -0.4 is 11.3 Å². The molecule has 0 radical (unpaired) electrons. The molecule has 1 fully saturated rings. The van der Waals surface area contributed by atoms with Gasteiger partial charge in [0.15, 0.2) is 0 Å². The van der Waals surface area contributed by atoms with Crippen LogP contribution in [0.2, 0.25) is 0 Å². The van der Waals surface area contributed by atoms with Crippen LogP contribution in [0, 0.1) is 0 Å². The Morgan fingerprint density at radius 1 is 1.37 bits per heavy atom. The van der Waals surface area contributed by atoms with Crippen LogP contribution in [0.5, 0.6) is 0 Å². The molecule has 1 aliphatic rings. The minimum atomic E-state index is -0.303. The third kappa shape index (κ3) is 3.12. The summed E-state index contributed by atoms with van der Waals surface area (Å²) < 4.78 is 0. The molecule has 0 saturated carbocycles. The van der Waals surface area contributed by atoms with E-state index in [2.05, 4.69) is 29.2 Å². The molecule has 1 saturated heterocycles. The number of hydrogen-bond acceptors (Lipinski definition) is 4. The molecule has 2 rings (SSSR count). The number of amides is 1. The fraction of sp³-hybridized carbons (Fsp3) is 0.500. The molecule has 1 aromatic rings. The Bertz CT molecular complexity index is 423. The molecule has 3 N–H and O–H groups in total. The van der Waals surface area contributed by atoms with Crippen LogP contribution in [-0.4, -0.2) is 48.4 Å². The van der Waals surface area contributed by atoms with E-state index in [-0.39, 0.29) is 11.9 Å². The monoisotopic (exact) mass is 262 g/mol. The van der Waals surface area contributed by atoms with Gasteiger partial charge in [0.25, 0.3) is 5.91 Å². The van der Waals surface area contributed by atoms with Crippen molar-refractivity contribution < 1.29 is 4.79 Å². The molecule has 5 heteroatoms. The summed E-state index contributed by atoms with van der Waals surface area (Å²) in [6.45, 7) is 4.87. The number of benzene rings is 1. The molecule has 0 spiro atoms. The number of hydrazine groups is 1. The van der Waals surface area contributed by atoms with Crippen LogP contribution in [-0.2, 0) is 4.79 Å². The number of nitrogens with two attached hydrogens (primary N) is 1. The predicted octanol–water partition coefficient (Wildman–Crippen LogP) is 0.354. The summed E-state index contributed by atoms with van der Waals surface area (Å²) >= 11 is 0. The van der Waals surface area contributed by atoms with Crippen molar-refractivity contribution in [2.24, 2.45) is 5.84 Å². The number of carbonyl (C=O) groups excluding carboxylic acids is 1. The van der Waals surface area contributed by atoms with Gasteiger partial charge in [-0.1, -0.05) is 30.3 Å². The SMILES string of the molecule is CC1CN(C(C(=O)NN)c2ccccc2)CCN1C. The lowest BCUT2D eigenvalue weighted by molar-refractivity contribution is -0.127. The van der Waals surface area contributed by atoms with Crippen LogP contribution >= 0.6 is 0 Å². The molecule has 1 heterocycles. The van der Waals surface area contributed by atoms with Gasteiger partial charge in [0.1, 0.15) is 6.04 Å². The molecular formula is C14H22N4O. The quantitative estimate of drug-likeness (QED) is 0.469. The van der Waals surface area contributed by atoms with Gasteiger partial charge in [0.2, 0.25) is 0 Å². The van der Waals surface area contributed by atoms with Gasteiger partial charge in [0.05, 0.1) is 0 Å². The summed E-state index contributed by atoms with van der Waals surface area (Å²) in [5, 5.41) is 0. The Labute approximate surface area is 114 Å². The standard InChI is InChI=1S/C14H22N4O/c1-11-10-18(9-8-17(11)2)13(14(19)16-15)12-6-4-3-5-7-12/h3-7,11,13H,8-10,15H2,1-2H3,(H,16,19). The smallest absolute Gasteiger partial charge is 0.255 e. The zero-order chi connectivity index (χ0) is 13.8. The number of nitrogens with one attached hydrogen (secondary N) is 1. The van der Waals surface area contributed by atoms with Crippen molar-refractivity contribution >= 4 is 5.91 Å². The summed E-state index contributed by atoms with van der Waals surface area (Å²) in [5.41, 5.74) is 3.28. The Hall–Kier alpha value is -1.43. The molecule has 1 aromatic carbocycles. The average Bonchev–Trinajstić information content (AvgIpc) is 2.44. The van der Waals surface area contributed by atoms with Gasteiger partial charge >= 0.3 is 0 Å². The molecule has 104 valence electrons. The second kappa shape index (κ2) is 6.14. The number of rotatable bonds is 3. The van der Waals surface area contributed by atoms with Gasteiger partial charge in [-0.15, -0.1) is 0 Å². The minimum absolute atomic E-state index is 0.150. The van der Waals surface area contributed by atoms with Gasteiger partial charge < -0.3 is 4.90 Å². The van der Waals surface area contributed by atoms with E-state index in [1.165, 1.54) is 0 Å². The van der Waals surface area contributed by atoms with Crippen molar-refractivity contribution in [2.75, 3.05) is 26.7 Å². The van der Waals surface area contributed by atoms with Crippen LogP contribution in [0.4, 0.5) is 0 Å². The number of hydrogen-bond donors (Lipinski definition) is 2. The minimum Gasteiger partial charge on any atom is -0.301 e. The number of nitrogens with zero attached hydrogens (tertiary/aromatic N) is 2. The van der Waals surface area contributed by atoms with E-state index in [0.29, 0.717) is 6.04 Å². The third-order valence-electron chi connectivity index (χ3n) is 3.86. The fourth-order valence-electron chi connectivity index (χ4n) is 2.55. The van der Waals surface area contributed by atoms with Crippen molar-refractivity contribution in [3.8, 4) is 0 Å². The van der Waals surface area contributed by atoms with Gasteiger partial charge in [-0.25, -0.2) is 5.84 Å². The summed E-state index contributed by atoms with van der Waals surface area (Å²) in [5.74, 6) is 5.19. The van der Waals surface area contributed by atoms with E-state index < -0.39 is 0 Å². The Kier molecular flexibility index (Phi) is 4.52. The van der Waals surface area contributed by atoms with Gasteiger partial charge in [0, 0.05) is 25.7 Å². The van der Waals surface area contributed by atoms with Crippen molar-refractivity contribution in [3.05, 3.63) is 35.9 Å². The fourth-order valence-corrected chi connectivity index (χ4v) is 2.55. The van der Waals surface area contributed by atoms with Crippen LogP contribution in [0.15, 0.2) is 30.3 Å². The lowest BCUT2D eigenvalue weighted by Crippen LogP contribution is -2.54. The van der Waals surface area contributed by atoms with Crippen molar-refractivity contribution in [1.29, 1.82) is 0 Å². The van der Waals surface area contributed by atoms with Crippen LogP contribution in [0.25, 0.3) is 0 Å². The highest BCUT2D eigenvalue weighted by Crippen LogP contribution is 2.23. The molecular weight excluding hydrogens is 240 g/mol. The number of piperazine rings is 1. The summed E-state index contributed by atoms with van der Waals surface area (Å²) in [6.07, 6.45) is 0. The van der Waals surface area contributed by atoms with E-state index in [1.54, 1.807) is 0 Å². The molecule has 0 aromatic heterocycles. The van der Waals surface area contributed by atoms with Crippen molar-refractivity contribution in [2.45, 2.75) is 19.0 Å².